The monoisotopic (exact) mass is 302 g/mol. The maximum Gasteiger partial charge on any atom is 0.573 e. The maximum absolute atomic E-state index is 12.0. The lowest BCUT2D eigenvalue weighted by molar-refractivity contribution is -0.274. The van der Waals surface area contributed by atoms with Crippen LogP contribution in [-0.2, 0) is 0 Å². The minimum Gasteiger partial charge on any atom is -0.403 e. The normalized spacial score (nSPS) is 11.7. The molecule has 1 aromatic rings. The highest BCUT2D eigenvalue weighted by Gasteiger charge is 2.33. The van der Waals surface area contributed by atoms with Crippen molar-refractivity contribution in [3.05, 3.63) is 26.7 Å². The molecule has 15 heavy (non-hydrogen) atoms. The van der Waals surface area contributed by atoms with Crippen molar-refractivity contribution in [1.29, 1.82) is 0 Å². The third-order valence-electron chi connectivity index (χ3n) is 1.90. The average Bonchev–Trinajstić information content (AvgIpc) is 2.07. The number of benzene rings is 1. The number of rotatable bonds is 1. The van der Waals surface area contributed by atoms with Gasteiger partial charge in [0.25, 0.3) is 0 Å². The molecule has 0 heterocycles. The van der Waals surface area contributed by atoms with Crippen molar-refractivity contribution in [2.45, 2.75) is 20.2 Å². The Hall–Kier alpha value is -0.420. The lowest BCUT2D eigenvalue weighted by atomic mass is 10.1. The number of ether oxygens (including phenoxy) is 1. The summed E-state index contributed by atoms with van der Waals surface area (Å²) in [7, 11) is 0. The van der Waals surface area contributed by atoms with E-state index in [1.807, 2.05) is 0 Å². The molecule has 0 aliphatic rings. The highest BCUT2D eigenvalue weighted by atomic mass is 79.9. The zero-order chi connectivity index (χ0) is 11.8. The Labute approximate surface area is 98.3 Å². The summed E-state index contributed by atoms with van der Waals surface area (Å²) < 4.78 is 40.1. The Morgan fingerprint density at radius 2 is 1.87 bits per heavy atom. The Morgan fingerprint density at radius 1 is 1.33 bits per heavy atom. The molecule has 0 spiro atoms. The van der Waals surface area contributed by atoms with Crippen molar-refractivity contribution in [3.8, 4) is 5.75 Å². The van der Waals surface area contributed by atoms with Crippen LogP contribution in [-0.4, -0.2) is 6.36 Å². The largest absolute Gasteiger partial charge is 0.573 e. The molecule has 0 fully saturated rings. The number of alkyl halides is 3. The Morgan fingerprint density at radius 3 is 2.33 bits per heavy atom. The number of hydrogen-bond acceptors (Lipinski definition) is 1. The van der Waals surface area contributed by atoms with Crippen LogP contribution in [0.5, 0.6) is 5.75 Å². The van der Waals surface area contributed by atoms with E-state index in [9.17, 15) is 13.2 Å². The van der Waals surface area contributed by atoms with Crippen LogP contribution in [0.1, 0.15) is 11.1 Å². The molecule has 0 amide bonds. The van der Waals surface area contributed by atoms with Gasteiger partial charge < -0.3 is 4.74 Å². The van der Waals surface area contributed by atoms with Crippen LogP contribution in [0.3, 0.4) is 0 Å². The van der Waals surface area contributed by atoms with Gasteiger partial charge in [0.15, 0.2) is 5.75 Å². The van der Waals surface area contributed by atoms with Crippen LogP contribution in [0, 0.1) is 13.8 Å². The van der Waals surface area contributed by atoms with E-state index in [4.69, 9.17) is 11.6 Å². The predicted octanol–water partition coefficient (Wildman–Crippen LogP) is 4.62. The molecule has 0 bridgehead atoms. The molecule has 0 N–H and O–H groups in total. The molecule has 0 saturated carbocycles. The van der Waals surface area contributed by atoms with Crippen LogP contribution < -0.4 is 4.74 Å². The van der Waals surface area contributed by atoms with Crippen LogP contribution in [0.25, 0.3) is 0 Å². The number of halogens is 5. The van der Waals surface area contributed by atoms with Crippen molar-refractivity contribution in [3.63, 3.8) is 0 Å². The van der Waals surface area contributed by atoms with Gasteiger partial charge in [-0.2, -0.15) is 0 Å². The highest BCUT2D eigenvalue weighted by molar-refractivity contribution is 9.10. The summed E-state index contributed by atoms with van der Waals surface area (Å²) in [6, 6.07) is 1.43. The van der Waals surface area contributed by atoms with Crippen molar-refractivity contribution in [1.82, 2.24) is 0 Å². The van der Waals surface area contributed by atoms with E-state index >= 15 is 0 Å². The zero-order valence-electron chi connectivity index (χ0n) is 7.88. The van der Waals surface area contributed by atoms with Crippen molar-refractivity contribution < 1.29 is 17.9 Å². The molecule has 0 radical (unpaired) electrons. The van der Waals surface area contributed by atoms with Gasteiger partial charge in [-0.15, -0.1) is 13.2 Å². The fourth-order valence-electron chi connectivity index (χ4n) is 1.02. The van der Waals surface area contributed by atoms with E-state index in [0.717, 1.165) is 5.56 Å². The Balaban J connectivity index is 3.24. The molecule has 1 rings (SSSR count). The Bertz CT molecular complexity index is 390. The minimum absolute atomic E-state index is 0.0673. The van der Waals surface area contributed by atoms with Crippen LogP contribution in [0.15, 0.2) is 10.5 Å². The quantitative estimate of drug-likeness (QED) is 0.735. The number of aryl methyl sites for hydroxylation is 1. The second kappa shape index (κ2) is 4.22. The van der Waals surface area contributed by atoms with Gasteiger partial charge in [-0.1, -0.05) is 11.6 Å². The first-order valence-electron chi connectivity index (χ1n) is 3.93. The van der Waals surface area contributed by atoms with Gasteiger partial charge in [-0.3, -0.25) is 0 Å². The molecule has 0 atom stereocenters. The third-order valence-corrected chi connectivity index (χ3v) is 3.13. The fourth-order valence-corrected chi connectivity index (χ4v) is 2.04. The van der Waals surface area contributed by atoms with Crippen LogP contribution >= 0.6 is 27.5 Å². The van der Waals surface area contributed by atoms with Crippen molar-refractivity contribution in [2.75, 3.05) is 0 Å². The second-order valence-corrected chi connectivity index (χ2v) is 4.19. The summed E-state index contributed by atoms with van der Waals surface area (Å²) in [5, 5.41) is -0.0673. The van der Waals surface area contributed by atoms with E-state index in [0.29, 0.717) is 5.56 Å². The highest BCUT2D eigenvalue weighted by Crippen LogP contribution is 2.40. The number of hydrogen-bond donors (Lipinski definition) is 0. The lowest BCUT2D eigenvalue weighted by Crippen LogP contribution is -2.18. The second-order valence-electron chi connectivity index (χ2n) is 2.99. The van der Waals surface area contributed by atoms with Gasteiger partial charge >= 0.3 is 6.36 Å². The van der Waals surface area contributed by atoms with Gasteiger partial charge in [0.05, 0.1) is 9.50 Å². The fraction of sp³-hybridized carbons (Fsp3) is 0.333. The predicted molar refractivity (Wildman–Crippen MR) is 55.3 cm³/mol. The zero-order valence-corrected chi connectivity index (χ0v) is 10.2. The molecular weight excluding hydrogens is 296 g/mol. The van der Waals surface area contributed by atoms with Gasteiger partial charge in [0.1, 0.15) is 0 Å². The molecule has 84 valence electrons. The van der Waals surface area contributed by atoms with E-state index in [1.54, 1.807) is 13.8 Å². The smallest absolute Gasteiger partial charge is 0.403 e. The van der Waals surface area contributed by atoms with Crippen LogP contribution in [0.2, 0.25) is 5.02 Å². The summed E-state index contributed by atoms with van der Waals surface area (Å²) >= 11 is 8.68. The summed E-state index contributed by atoms with van der Waals surface area (Å²) in [6.45, 7) is 3.43. The standard InChI is InChI=1S/C9H7BrClF3O/c1-4-3-6(11)8(7(10)5(4)2)15-9(12,13)14/h3H,1-2H3. The van der Waals surface area contributed by atoms with Gasteiger partial charge in [-0.25, -0.2) is 0 Å². The first kappa shape index (κ1) is 12.6. The molecule has 0 unspecified atom stereocenters. The molecule has 0 aliphatic heterocycles. The molecule has 1 aromatic carbocycles. The third kappa shape index (κ3) is 3.01. The van der Waals surface area contributed by atoms with E-state index < -0.39 is 12.1 Å². The molecule has 0 saturated heterocycles. The maximum atomic E-state index is 12.0. The SMILES string of the molecule is Cc1cc(Cl)c(OC(F)(F)F)c(Br)c1C. The molecule has 0 aliphatic carbocycles. The lowest BCUT2D eigenvalue weighted by Gasteiger charge is -2.14. The van der Waals surface area contributed by atoms with E-state index in [-0.39, 0.29) is 9.50 Å². The first-order chi connectivity index (χ1) is 6.72. The summed E-state index contributed by atoms with van der Waals surface area (Å²) in [6.07, 6.45) is -4.74. The molecular formula is C9H7BrClF3O. The molecule has 0 aromatic heterocycles. The van der Waals surface area contributed by atoms with Crippen LogP contribution in [0.4, 0.5) is 13.2 Å². The summed E-state index contributed by atoms with van der Waals surface area (Å²) in [5.74, 6) is -0.396. The van der Waals surface area contributed by atoms with E-state index in [2.05, 4.69) is 20.7 Å². The minimum atomic E-state index is -4.74. The summed E-state index contributed by atoms with van der Waals surface area (Å²) in [4.78, 5) is 0. The first-order valence-corrected chi connectivity index (χ1v) is 5.10. The summed E-state index contributed by atoms with van der Waals surface area (Å²) in [5.41, 5.74) is 1.46. The molecule has 1 nitrogen and oxygen atoms in total. The molecule has 6 heteroatoms. The van der Waals surface area contributed by atoms with Crippen molar-refractivity contribution >= 4 is 27.5 Å². The van der Waals surface area contributed by atoms with Gasteiger partial charge in [0, 0.05) is 0 Å². The van der Waals surface area contributed by atoms with Gasteiger partial charge in [-0.05, 0) is 47.0 Å². The van der Waals surface area contributed by atoms with Crippen molar-refractivity contribution in [2.24, 2.45) is 0 Å². The van der Waals surface area contributed by atoms with E-state index in [1.165, 1.54) is 6.07 Å². The topological polar surface area (TPSA) is 9.23 Å². The van der Waals surface area contributed by atoms with Gasteiger partial charge in [0.2, 0.25) is 0 Å². The average molecular weight is 304 g/mol. The Kier molecular flexibility index (Phi) is 3.55.